The highest BCUT2D eigenvalue weighted by Crippen LogP contribution is 2.70. The zero-order valence-corrected chi connectivity index (χ0v) is 22.5. The van der Waals surface area contributed by atoms with Crippen molar-refractivity contribution in [1.82, 2.24) is 9.97 Å². The fourth-order valence-electron chi connectivity index (χ4n) is 5.85. The molecule has 1 aromatic heterocycles. The van der Waals surface area contributed by atoms with Crippen LogP contribution in [0.2, 0.25) is 10.0 Å². The number of fused-ring (bicyclic) bond motifs is 6. The van der Waals surface area contributed by atoms with E-state index < -0.39 is 10.8 Å². The molecule has 2 atom stereocenters. The Morgan fingerprint density at radius 1 is 0.972 bits per heavy atom. The molecule has 0 saturated heterocycles. The summed E-state index contributed by atoms with van der Waals surface area (Å²) in [6.45, 7) is 10.8. The fourth-order valence-corrected chi connectivity index (χ4v) is 6.17. The molecular formula is C28H29Cl2N3O3. The van der Waals surface area contributed by atoms with E-state index in [-0.39, 0.29) is 23.2 Å². The van der Waals surface area contributed by atoms with E-state index in [1.165, 1.54) is 0 Å². The number of anilines is 1. The molecule has 8 heteroatoms. The van der Waals surface area contributed by atoms with Crippen LogP contribution >= 0.6 is 23.2 Å². The summed E-state index contributed by atoms with van der Waals surface area (Å²) in [6.07, 6.45) is 1.49. The summed E-state index contributed by atoms with van der Waals surface area (Å²) in [4.78, 5) is 36.2. The molecule has 2 aromatic carbocycles. The molecule has 2 aliphatic rings. The molecule has 0 aliphatic heterocycles. The Morgan fingerprint density at radius 2 is 1.56 bits per heavy atom. The van der Waals surface area contributed by atoms with Crippen LogP contribution in [0.4, 0.5) is 5.69 Å². The second-order valence-electron chi connectivity index (χ2n) is 11.1. The largest absolute Gasteiger partial charge is 0.462 e. The van der Waals surface area contributed by atoms with Crippen LogP contribution in [0.5, 0.6) is 0 Å². The first-order valence-electron chi connectivity index (χ1n) is 12.2. The highest BCUT2D eigenvalue weighted by Gasteiger charge is 2.73. The van der Waals surface area contributed by atoms with Gasteiger partial charge in [0.2, 0.25) is 5.91 Å². The van der Waals surface area contributed by atoms with Crippen LogP contribution in [-0.2, 0) is 20.4 Å². The Hall–Kier alpha value is -2.70. The molecular weight excluding hydrogens is 497 g/mol. The molecule has 2 unspecified atom stereocenters. The van der Waals surface area contributed by atoms with Crippen molar-refractivity contribution in [1.29, 1.82) is 0 Å². The SMILES string of the molecule is CC(C)COC(=O)c1ccc(NC(=O)C23CCC(C)(c4nc5cc(Cl)c(Cl)cc5nc42)C3(C)C)cc1. The summed E-state index contributed by atoms with van der Waals surface area (Å²) in [5, 5.41) is 3.92. The number of halogens is 2. The maximum absolute atomic E-state index is 14.1. The smallest absolute Gasteiger partial charge is 0.338 e. The number of nitrogens with zero attached hydrogens (tertiary/aromatic N) is 2. The molecule has 0 radical (unpaired) electrons. The number of esters is 1. The van der Waals surface area contributed by atoms with Crippen molar-refractivity contribution in [2.75, 3.05) is 11.9 Å². The first-order valence-corrected chi connectivity index (χ1v) is 12.9. The predicted molar refractivity (Wildman–Crippen MR) is 142 cm³/mol. The summed E-state index contributed by atoms with van der Waals surface area (Å²) in [7, 11) is 0. The van der Waals surface area contributed by atoms with Crippen LogP contribution in [0.25, 0.3) is 11.0 Å². The van der Waals surface area contributed by atoms with Crippen molar-refractivity contribution in [3.8, 4) is 0 Å². The number of rotatable bonds is 5. The number of benzene rings is 2. The van der Waals surface area contributed by atoms with Crippen LogP contribution in [0.15, 0.2) is 36.4 Å². The molecule has 0 spiro atoms. The molecule has 2 bridgehead atoms. The van der Waals surface area contributed by atoms with Gasteiger partial charge >= 0.3 is 5.97 Å². The van der Waals surface area contributed by atoms with Gasteiger partial charge in [-0.1, -0.05) is 57.8 Å². The third-order valence-corrected chi connectivity index (χ3v) is 9.12. The monoisotopic (exact) mass is 525 g/mol. The standard InChI is InChI=1S/C28H29Cl2N3O3/c1-15(2)14-36-24(34)16-6-8-17(9-7-16)31-25(35)28-11-10-27(5,26(28,3)4)22-23(28)33-21-13-19(30)18(29)12-20(21)32-22/h6-9,12-13,15H,10-11,14H2,1-5H3,(H,31,35). The van der Waals surface area contributed by atoms with Crippen molar-refractivity contribution < 1.29 is 14.3 Å². The van der Waals surface area contributed by atoms with E-state index in [4.69, 9.17) is 37.9 Å². The highest BCUT2D eigenvalue weighted by atomic mass is 35.5. The van der Waals surface area contributed by atoms with E-state index in [1.54, 1.807) is 36.4 Å². The average Bonchev–Trinajstić information content (AvgIpc) is 3.12. The van der Waals surface area contributed by atoms with Gasteiger partial charge in [0.05, 0.1) is 50.1 Å². The average molecular weight is 526 g/mol. The van der Waals surface area contributed by atoms with Gasteiger partial charge in [-0.15, -0.1) is 0 Å². The lowest BCUT2D eigenvalue weighted by Gasteiger charge is -2.39. The molecule has 1 heterocycles. The topological polar surface area (TPSA) is 81.2 Å². The lowest BCUT2D eigenvalue weighted by molar-refractivity contribution is -0.125. The van der Waals surface area contributed by atoms with Crippen molar-refractivity contribution in [3.05, 3.63) is 63.4 Å². The predicted octanol–water partition coefficient (Wildman–Crippen LogP) is 6.72. The number of hydrogen-bond donors (Lipinski definition) is 1. The summed E-state index contributed by atoms with van der Waals surface area (Å²) in [5.41, 5.74) is 2.28. The number of carbonyl (C=O) groups is 2. The second-order valence-corrected chi connectivity index (χ2v) is 11.9. The molecule has 188 valence electrons. The van der Waals surface area contributed by atoms with Crippen molar-refractivity contribution in [2.24, 2.45) is 11.3 Å². The van der Waals surface area contributed by atoms with Crippen LogP contribution in [0.1, 0.15) is 69.2 Å². The third kappa shape index (κ3) is 3.45. The number of ether oxygens (including phenoxy) is 1. The zero-order chi connectivity index (χ0) is 26.0. The first kappa shape index (κ1) is 25.0. The van der Waals surface area contributed by atoms with E-state index in [0.29, 0.717) is 51.1 Å². The van der Waals surface area contributed by atoms with Crippen molar-refractivity contribution in [3.63, 3.8) is 0 Å². The van der Waals surface area contributed by atoms with Gasteiger partial charge in [0, 0.05) is 11.1 Å². The molecule has 1 N–H and O–H groups in total. The summed E-state index contributed by atoms with van der Waals surface area (Å²) >= 11 is 12.5. The maximum atomic E-state index is 14.1. The van der Waals surface area contributed by atoms with Gasteiger partial charge in [-0.25, -0.2) is 14.8 Å². The molecule has 6 nitrogen and oxygen atoms in total. The zero-order valence-electron chi connectivity index (χ0n) is 21.0. The number of amides is 1. The van der Waals surface area contributed by atoms with Crippen LogP contribution in [0.3, 0.4) is 0 Å². The van der Waals surface area contributed by atoms with Gasteiger partial charge in [0.25, 0.3) is 0 Å². The van der Waals surface area contributed by atoms with E-state index >= 15 is 0 Å². The minimum Gasteiger partial charge on any atom is -0.462 e. The highest BCUT2D eigenvalue weighted by molar-refractivity contribution is 6.42. The normalized spacial score (nSPS) is 23.7. The van der Waals surface area contributed by atoms with Gasteiger partial charge in [-0.2, -0.15) is 0 Å². The Bertz CT molecular complexity index is 1400. The summed E-state index contributed by atoms with van der Waals surface area (Å²) < 4.78 is 5.30. The van der Waals surface area contributed by atoms with E-state index in [1.807, 2.05) is 13.8 Å². The Labute approximate surface area is 220 Å². The van der Waals surface area contributed by atoms with Crippen LogP contribution in [0, 0.1) is 11.3 Å². The molecule has 5 rings (SSSR count). The van der Waals surface area contributed by atoms with Gasteiger partial charge < -0.3 is 10.1 Å². The molecule has 1 saturated carbocycles. The van der Waals surface area contributed by atoms with Gasteiger partial charge in [0.1, 0.15) is 0 Å². The van der Waals surface area contributed by atoms with Crippen molar-refractivity contribution >= 4 is 51.8 Å². The molecule has 1 amide bonds. The number of hydrogen-bond acceptors (Lipinski definition) is 5. The first-order chi connectivity index (χ1) is 16.9. The van der Waals surface area contributed by atoms with Gasteiger partial charge in [-0.05, 0) is 60.6 Å². The minimum absolute atomic E-state index is 0.126. The third-order valence-electron chi connectivity index (χ3n) is 8.39. The molecule has 2 aliphatic carbocycles. The Balaban J connectivity index is 1.50. The second kappa shape index (κ2) is 8.42. The van der Waals surface area contributed by atoms with Crippen LogP contribution in [-0.4, -0.2) is 28.5 Å². The lowest BCUT2D eigenvalue weighted by Crippen LogP contribution is -2.48. The van der Waals surface area contributed by atoms with Crippen LogP contribution < -0.4 is 5.32 Å². The van der Waals surface area contributed by atoms with E-state index in [0.717, 1.165) is 12.1 Å². The molecule has 36 heavy (non-hydrogen) atoms. The summed E-state index contributed by atoms with van der Waals surface area (Å²) in [5.74, 6) is -0.243. The maximum Gasteiger partial charge on any atom is 0.338 e. The van der Waals surface area contributed by atoms with Gasteiger partial charge in [0.15, 0.2) is 0 Å². The lowest BCUT2D eigenvalue weighted by atomic mass is 9.63. The van der Waals surface area contributed by atoms with Gasteiger partial charge in [-0.3, -0.25) is 4.79 Å². The minimum atomic E-state index is -0.862. The number of carbonyl (C=O) groups excluding carboxylic acids is 2. The quantitative estimate of drug-likeness (QED) is 0.374. The Kier molecular flexibility index (Phi) is 5.84. The Morgan fingerprint density at radius 3 is 2.14 bits per heavy atom. The molecule has 3 aromatic rings. The summed E-state index contributed by atoms with van der Waals surface area (Å²) in [6, 6.07) is 10.2. The van der Waals surface area contributed by atoms with Crippen molar-refractivity contribution in [2.45, 2.75) is 58.3 Å². The fraction of sp³-hybridized carbons (Fsp3) is 0.429. The van der Waals surface area contributed by atoms with E-state index in [2.05, 4.69) is 26.1 Å². The number of nitrogens with one attached hydrogen (secondary N) is 1. The number of aromatic nitrogens is 2. The van der Waals surface area contributed by atoms with E-state index in [9.17, 15) is 9.59 Å². The molecule has 1 fully saturated rings.